The van der Waals surface area contributed by atoms with Crippen molar-refractivity contribution < 1.29 is 31.1 Å². The molecular formula is C20H25F3N6O4S2. The highest BCUT2D eigenvalue weighted by Gasteiger charge is 2.46. The van der Waals surface area contributed by atoms with Crippen molar-refractivity contribution in [2.24, 2.45) is 10.2 Å². The third-order valence-corrected chi connectivity index (χ3v) is 7.01. The molecular weight excluding hydrogens is 509 g/mol. The number of sulfonamides is 1. The number of nitrogens with zero attached hydrogens (tertiary/aromatic N) is 5. The van der Waals surface area contributed by atoms with Crippen molar-refractivity contribution >= 4 is 49.5 Å². The van der Waals surface area contributed by atoms with Crippen LogP contribution in [0.25, 0.3) is 0 Å². The fourth-order valence-corrected chi connectivity index (χ4v) is 4.57. The molecule has 1 aliphatic heterocycles. The van der Waals surface area contributed by atoms with Crippen LogP contribution in [0.1, 0.15) is 55.9 Å². The van der Waals surface area contributed by atoms with Gasteiger partial charge in [-0.3, -0.25) is 4.72 Å². The van der Waals surface area contributed by atoms with Crippen LogP contribution in [0.5, 0.6) is 0 Å². The number of alkyl halides is 3. The van der Waals surface area contributed by atoms with Crippen molar-refractivity contribution in [2.45, 2.75) is 64.1 Å². The van der Waals surface area contributed by atoms with E-state index in [2.05, 4.69) is 20.4 Å². The van der Waals surface area contributed by atoms with E-state index in [0.29, 0.717) is 12.1 Å². The molecule has 1 aliphatic rings. The number of ether oxygens (including phenoxy) is 1. The van der Waals surface area contributed by atoms with Crippen molar-refractivity contribution in [3.05, 3.63) is 22.7 Å². The molecule has 0 saturated heterocycles. The molecule has 15 heteroatoms. The molecule has 2 aromatic rings. The third-order valence-electron chi connectivity index (χ3n) is 5.12. The van der Waals surface area contributed by atoms with Gasteiger partial charge in [0.1, 0.15) is 11.3 Å². The quantitative estimate of drug-likeness (QED) is 0.392. The number of benzene rings is 1. The zero-order chi connectivity index (χ0) is 26.2. The molecule has 0 fully saturated rings. The van der Waals surface area contributed by atoms with Crippen LogP contribution >= 0.6 is 11.3 Å². The molecule has 2 heterocycles. The fraction of sp³-hybridized carbons (Fsp3) is 0.550. The topological polar surface area (TPSA) is 126 Å². The summed E-state index contributed by atoms with van der Waals surface area (Å²) in [7, 11) is -3.90. The molecule has 1 N–H and O–H groups in total. The molecule has 1 aromatic carbocycles. The Morgan fingerprint density at radius 2 is 1.94 bits per heavy atom. The maximum atomic E-state index is 13.1. The van der Waals surface area contributed by atoms with Crippen LogP contribution in [0.15, 0.2) is 22.4 Å². The highest BCUT2D eigenvalue weighted by molar-refractivity contribution is 7.93. The van der Waals surface area contributed by atoms with Gasteiger partial charge in [-0.1, -0.05) is 18.3 Å². The predicted octanol–water partition coefficient (Wildman–Crippen LogP) is 5.33. The molecule has 1 atom stereocenters. The summed E-state index contributed by atoms with van der Waals surface area (Å²) in [5.41, 5.74) is -5.39. The average molecular weight is 535 g/mol. The van der Waals surface area contributed by atoms with E-state index in [4.69, 9.17) is 4.74 Å². The van der Waals surface area contributed by atoms with Gasteiger partial charge < -0.3 is 9.64 Å². The van der Waals surface area contributed by atoms with E-state index < -0.39 is 27.1 Å². The maximum absolute atomic E-state index is 13.1. The molecule has 10 nitrogen and oxygen atoms in total. The number of carbonyl (C=O) groups is 1. The summed E-state index contributed by atoms with van der Waals surface area (Å²) in [5, 5.41) is 15.1. The number of nitrogens with one attached hydrogen (secondary N) is 1. The van der Waals surface area contributed by atoms with Crippen molar-refractivity contribution in [3.63, 3.8) is 0 Å². The molecule has 1 aromatic heterocycles. The summed E-state index contributed by atoms with van der Waals surface area (Å²) in [5.74, 6) is -0.711. The molecule has 35 heavy (non-hydrogen) atoms. The number of esters is 1. The van der Waals surface area contributed by atoms with Gasteiger partial charge in [0.05, 0.1) is 5.69 Å². The Hall–Kier alpha value is -2.81. The first kappa shape index (κ1) is 26.8. The van der Waals surface area contributed by atoms with Crippen molar-refractivity contribution in [1.82, 2.24) is 10.2 Å². The van der Waals surface area contributed by atoms with Crippen LogP contribution in [0.3, 0.4) is 0 Å². The molecule has 0 amide bonds. The van der Waals surface area contributed by atoms with Gasteiger partial charge in [-0.15, -0.1) is 20.4 Å². The summed E-state index contributed by atoms with van der Waals surface area (Å²) in [4.78, 5) is 14.0. The van der Waals surface area contributed by atoms with Gasteiger partial charge >= 0.3 is 21.5 Å². The predicted molar refractivity (Wildman–Crippen MR) is 125 cm³/mol. The fourth-order valence-electron chi connectivity index (χ4n) is 3.46. The molecule has 3 rings (SSSR count). The number of halogens is 3. The molecule has 0 saturated carbocycles. The number of rotatable bonds is 6. The summed E-state index contributed by atoms with van der Waals surface area (Å²) in [6.07, 6.45) is 2.27. The number of aromatic nitrogens is 2. The number of fused-ring (bicyclic) bond motifs is 1. The highest BCUT2D eigenvalue weighted by atomic mass is 32.2. The lowest BCUT2D eigenvalue weighted by Crippen LogP contribution is -2.35. The van der Waals surface area contributed by atoms with E-state index in [-0.39, 0.29) is 27.6 Å². The van der Waals surface area contributed by atoms with Gasteiger partial charge in [0, 0.05) is 18.8 Å². The molecule has 0 aliphatic carbocycles. The number of aryl methyl sites for hydroxylation is 1. The summed E-state index contributed by atoms with van der Waals surface area (Å²) in [6, 6.07) is 2.97. The monoisotopic (exact) mass is 534 g/mol. The second kappa shape index (κ2) is 9.68. The van der Waals surface area contributed by atoms with Crippen molar-refractivity contribution in [2.75, 3.05) is 16.7 Å². The Balaban J connectivity index is 1.98. The first-order chi connectivity index (χ1) is 16.1. The van der Waals surface area contributed by atoms with Gasteiger partial charge in [-0.25, -0.2) is 4.79 Å². The zero-order valence-corrected chi connectivity index (χ0v) is 21.3. The second-order valence-corrected chi connectivity index (χ2v) is 11.5. The van der Waals surface area contributed by atoms with Gasteiger partial charge in [-0.2, -0.15) is 21.6 Å². The minimum absolute atomic E-state index is 0.0589. The number of azo groups is 1. The van der Waals surface area contributed by atoms with Crippen molar-refractivity contribution in [3.8, 4) is 0 Å². The first-order valence-electron chi connectivity index (χ1n) is 10.6. The third kappa shape index (κ3) is 6.25. The van der Waals surface area contributed by atoms with Crippen LogP contribution in [-0.2, 0) is 21.2 Å². The van der Waals surface area contributed by atoms with Gasteiger partial charge in [0.25, 0.3) is 5.13 Å². The van der Waals surface area contributed by atoms with E-state index in [1.165, 1.54) is 12.1 Å². The maximum Gasteiger partial charge on any atom is 0.516 e. The Labute approximate surface area is 204 Å². The summed E-state index contributed by atoms with van der Waals surface area (Å²) >= 11 is 0.773. The first-order valence-corrected chi connectivity index (χ1v) is 12.9. The largest absolute Gasteiger partial charge is 0.516 e. The van der Waals surface area contributed by atoms with Gasteiger partial charge in [-0.05, 0) is 57.7 Å². The SMILES string of the molecule is CCC1CCc2cc(N=Nc3nnc(C(=O)OC(C)(C)C)s3)c(NS(=O)(=O)C(F)(F)F)cc2N1C. The van der Waals surface area contributed by atoms with E-state index in [1.807, 2.05) is 11.8 Å². The molecule has 0 bridgehead atoms. The molecule has 1 unspecified atom stereocenters. The normalized spacial score (nSPS) is 16.9. The zero-order valence-electron chi connectivity index (χ0n) is 19.7. The Morgan fingerprint density at radius 1 is 1.26 bits per heavy atom. The van der Waals surface area contributed by atoms with E-state index in [9.17, 15) is 26.4 Å². The molecule has 0 radical (unpaired) electrons. The highest BCUT2D eigenvalue weighted by Crippen LogP contribution is 2.40. The standard InChI is InChI=1S/C20H25F3N6O4S2/c1-6-12-8-7-11-9-13(14(10-15(11)29(12)5)28-35(31,32)20(21,22)23)24-26-18-27-25-16(34-18)17(30)33-19(2,3)4/h9-10,12,28H,6-8H2,1-5H3. The lowest BCUT2D eigenvalue weighted by Gasteiger charge is -2.36. The lowest BCUT2D eigenvalue weighted by molar-refractivity contribution is -0.0429. The van der Waals surface area contributed by atoms with Crippen LogP contribution in [0.2, 0.25) is 0 Å². The molecule has 192 valence electrons. The van der Waals surface area contributed by atoms with Crippen molar-refractivity contribution in [1.29, 1.82) is 0 Å². The summed E-state index contributed by atoms with van der Waals surface area (Å²) in [6.45, 7) is 7.06. The smallest absolute Gasteiger partial charge is 0.455 e. The second-order valence-electron chi connectivity index (χ2n) is 8.85. The van der Waals surface area contributed by atoms with E-state index in [0.717, 1.165) is 29.7 Å². The van der Waals surface area contributed by atoms with Gasteiger partial charge in [0.15, 0.2) is 0 Å². The average Bonchev–Trinajstić information content (AvgIpc) is 3.20. The Bertz CT molecular complexity index is 1240. The lowest BCUT2D eigenvalue weighted by atomic mass is 9.94. The van der Waals surface area contributed by atoms with E-state index >= 15 is 0 Å². The number of carbonyl (C=O) groups excluding carboxylic acids is 1. The number of hydrogen-bond donors (Lipinski definition) is 1. The van der Waals surface area contributed by atoms with E-state index in [1.54, 1.807) is 32.5 Å². The Morgan fingerprint density at radius 3 is 2.54 bits per heavy atom. The number of anilines is 2. The molecule has 0 spiro atoms. The minimum atomic E-state index is -5.70. The van der Waals surface area contributed by atoms with Crippen LogP contribution in [0, 0.1) is 0 Å². The minimum Gasteiger partial charge on any atom is -0.455 e. The van der Waals surface area contributed by atoms with Crippen LogP contribution < -0.4 is 9.62 Å². The van der Waals surface area contributed by atoms with Gasteiger partial charge in [0.2, 0.25) is 5.01 Å². The number of hydrogen-bond acceptors (Lipinski definition) is 10. The summed E-state index contributed by atoms with van der Waals surface area (Å²) < 4.78 is 69.6. The Kier molecular flexibility index (Phi) is 7.41. The van der Waals surface area contributed by atoms with Crippen LogP contribution in [-0.4, -0.2) is 48.8 Å². The van der Waals surface area contributed by atoms with Crippen LogP contribution in [0.4, 0.5) is 35.4 Å².